The van der Waals surface area contributed by atoms with Crippen molar-refractivity contribution in [2.24, 2.45) is 5.10 Å². The fourth-order valence-electron chi connectivity index (χ4n) is 4.29. The Morgan fingerprint density at radius 3 is 2.33 bits per heavy atom. The van der Waals surface area contributed by atoms with Crippen LogP contribution in [0.5, 0.6) is 0 Å². The summed E-state index contributed by atoms with van der Waals surface area (Å²) < 4.78 is 30.3. The van der Waals surface area contributed by atoms with Crippen molar-refractivity contribution < 1.29 is 13.2 Å². The smallest absolute Gasteiger partial charge is 0.264 e. The summed E-state index contributed by atoms with van der Waals surface area (Å²) in [5.41, 5.74) is 7.46. The Labute approximate surface area is 249 Å². The van der Waals surface area contributed by atoms with Gasteiger partial charge >= 0.3 is 0 Å². The van der Waals surface area contributed by atoms with Crippen molar-refractivity contribution in [3.05, 3.63) is 110 Å². The Bertz CT molecular complexity index is 1720. The minimum absolute atomic E-state index is 0.0575. The Morgan fingerprint density at radius 2 is 1.65 bits per heavy atom. The number of carbonyl (C=O) groups is 1. The molecule has 1 aromatic heterocycles. The maximum atomic E-state index is 13.6. The predicted octanol–water partition coefficient (Wildman–Crippen LogP) is 7.02. The lowest BCUT2D eigenvalue weighted by atomic mass is 10.2. The molecule has 0 aliphatic heterocycles. The van der Waals surface area contributed by atoms with E-state index in [4.69, 9.17) is 34.8 Å². The first-order chi connectivity index (χ1) is 18.9. The van der Waals surface area contributed by atoms with Crippen molar-refractivity contribution in [3.63, 3.8) is 0 Å². The highest BCUT2D eigenvalue weighted by Gasteiger charge is 2.28. The minimum Gasteiger partial charge on any atom is -0.316 e. The summed E-state index contributed by atoms with van der Waals surface area (Å²) in [6.07, 6.45) is 1.50. The highest BCUT2D eigenvalue weighted by Crippen LogP contribution is 2.31. The Morgan fingerprint density at radius 1 is 0.950 bits per heavy atom. The van der Waals surface area contributed by atoms with Crippen LogP contribution in [0.3, 0.4) is 0 Å². The van der Waals surface area contributed by atoms with Gasteiger partial charge in [-0.3, -0.25) is 9.10 Å². The molecule has 0 spiro atoms. The zero-order chi connectivity index (χ0) is 29.2. The van der Waals surface area contributed by atoms with Crippen molar-refractivity contribution in [1.82, 2.24) is 9.99 Å². The molecule has 0 fully saturated rings. The van der Waals surface area contributed by atoms with Gasteiger partial charge in [-0.25, -0.2) is 13.8 Å². The van der Waals surface area contributed by atoms with Gasteiger partial charge in [-0.1, -0.05) is 58.6 Å². The van der Waals surface area contributed by atoms with E-state index in [2.05, 4.69) is 10.5 Å². The Kier molecular flexibility index (Phi) is 8.95. The Balaban J connectivity index is 1.59. The van der Waals surface area contributed by atoms with Gasteiger partial charge in [0.2, 0.25) is 0 Å². The third-order valence-electron chi connectivity index (χ3n) is 6.42. The van der Waals surface area contributed by atoms with Gasteiger partial charge in [0.05, 0.1) is 27.5 Å². The molecule has 0 aliphatic rings. The zero-order valence-corrected chi connectivity index (χ0v) is 25.3. The first-order valence-electron chi connectivity index (χ1n) is 12.2. The average Bonchev–Trinajstić information content (AvgIpc) is 3.17. The molecule has 0 saturated heterocycles. The van der Waals surface area contributed by atoms with E-state index in [0.29, 0.717) is 26.3 Å². The van der Waals surface area contributed by atoms with Gasteiger partial charge in [0.15, 0.2) is 0 Å². The van der Waals surface area contributed by atoms with Crippen LogP contribution >= 0.6 is 34.8 Å². The molecular weight excluding hydrogens is 591 g/mol. The normalized spacial score (nSPS) is 11.7. The van der Waals surface area contributed by atoms with Gasteiger partial charge in [0, 0.05) is 27.0 Å². The number of hydrazone groups is 1. The molecule has 1 N–H and O–H groups in total. The third-order valence-corrected chi connectivity index (χ3v) is 9.14. The van der Waals surface area contributed by atoms with Crippen LogP contribution in [-0.4, -0.2) is 31.7 Å². The summed E-state index contributed by atoms with van der Waals surface area (Å²) in [5, 5.41) is 5.52. The minimum atomic E-state index is -4.09. The molecule has 3 aromatic carbocycles. The number of benzene rings is 3. The molecule has 0 bridgehead atoms. The molecule has 0 radical (unpaired) electrons. The molecule has 4 rings (SSSR count). The maximum absolute atomic E-state index is 13.6. The van der Waals surface area contributed by atoms with Crippen LogP contribution in [0.15, 0.2) is 76.7 Å². The number of hydrogen-bond donors (Lipinski definition) is 1. The van der Waals surface area contributed by atoms with Crippen molar-refractivity contribution >= 4 is 62.6 Å². The van der Waals surface area contributed by atoms with Gasteiger partial charge in [-0.2, -0.15) is 5.10 Å². The average molecular weight is 618 g/mol. The fourth-order valence-corrected chi connectivity index (χ4v) is 6.44. The number of anilines is 1. The number of nitrogens with zero attached hydrogens (tertiary/aromatic N) is 3. The SMILES string of the molecule is Cc1ccc(S(=O)(=O)N(CC(=O)N/N=C\c2cc(C)n(-c3ccc(Cl)cc3Cl)c2C)c2cccc(Cl)c2C)cc1. The summed E-state index contributed by atoms with van der Waals surface area (Å²) in [6.45, 7) is 6.89. The van der Waals surface area contributed by atoms with Gasteiger partial charge in [0.1, 0.15) is 6.54 Å². The fraction of sp³-hybridized carbons (Fsp3) is 0.172. The van der Waals surface area contributed by atoms with E-state index in [-0.39, 0.29) is 4.90 Å². The number of sulfonamides is 1. The van der Waals surface area contributed by atoms with Crippen LogP contribution in [0.25, 0.3) is 5.69 Å². The van der Waals surface area contributed by atoms with E-state index in [0.717, 1.165) is 32.5 Å². The van der Waals surface area contributed by atoms with Gasteiger partial charge in [0.25, 0.3) is 15.9 Å². The summed E-state index contributed by atoms with van der Waals surface area (Å²) in [4.78, 5) is 13.1. The van der Waals surface area contributed by atoms with Crippen LogP contribution in [0, 0.1) is 27.7 Å². The third kappa shape index (κ3) is 6.20. The van der Waals surface area contributed by atoms with Gasteiger partial charge in [-0.05, 0) is 81.8 Å². The lowest BCUT2D eigenvalue weighted by Gasteiger charge is -2.25. The van der Waals surface area contributed by atoms with Crippen LogP contribution in [0.1, 0.15) is 28.1 Å². The second-order valence-corrected chi connectivity index (χ2v) is 12.4. The summed E-state index contributed by atoms with van der Waals surface area (Å²) in [7, 11) is -4.09. The number of aromatic nitrogens is 1. The van der Waals surface area contributed by atoms with E-state index in [1.165, 1.54) is 18.3 Å². The molecule has 1 heterocycles. The second-order valence-electron chi connectivity index (χ2n) is 9.26. The number of amides is 1. The quantitative estimate of drug-likeness (QED) is 0.170. The standard InChI is InChI=1S/C29H27Cl3N4O3S/c1-18-8-11-24(12-9-18)40(38,39)35(27-7-5-6-25(31)20(27)3)17-29(37)34-33-16-22-14-19(2)36(21(22)4)28-13-10-23(30)15-26(28)32/h5-16H,17H2,1-4H3,(H,34,37)/b33-16-. The van der Waals surface area contributed by atoms with Crippen molar-refractivity contribution in [1.29, 1.82) is 0 Å². The van der Waals surface area contributed by atoms with Crippen molar-refractivity contribution in [3.8, 4) is 5.69 Å². The Hall–Kier alpha value is -3.30. The number of carbonyl (C=O) groups excluding carboxylic acids is 1. The first kappa shape index (κ1) is 29.7. The monoisotopic (exact) mass is 616 g/mol. The molecule has 0 saturated carbocycles. The van der Waals surface area contributed by atoms with Crippen LogP contribution in [0.4, 0.5) is 5.69 Å². The van der Waals surface area contributed by atoms with Crippen molar-refractivity contribution in [2.75, 3.05) is 10.8 Å². The van der Waals surface area contributed by atoms with E-state index in [9.17, 15) is 13.2 Å². The molecule has 40 heavy (non-hydrogen) atoms. The molecule has 1 amide bonds. The molecule has 208 valence electrons. The van der Waals surface area contributed by atoms with E-state index in [1.54, 1.807) is 49.4 Å². The highest BCUT2D eigenvalue weighted by atomic mass is 35.5. The highest BCUT2D eigenvalue weighted by molar-refractivity contribution is 7.92. The van der Waals surface area contributed by atoms with Crippen LogP contribution in [-0.2, 0) is 14.8 Å². The number of hydrogen-bond acceptors (Lipinski definition) is 4. The largest absolute Gasteiger partial charge is 0.316 e. The molecule has 4 aromatic rings. The summed E-state index contributed by atoms with van der Waals surface area (Å²) in [5.74, 6) is -0.624. The van der Waals surface area contributed by atoms with Gasteiger partial charge in [-0.15, -0.1) is 0 Å². The van der Waals surface area contributed by atoms with Crippen LogP contribution < -0.4 is 9.73 Å². The number of nitrogens with one attached hydrogen (secondary N) is 1. The number of aryl methyl sites for hydroxylation is 2. The number of rotatable bonds is 8. The molecular formula is C29H27Cl3N4O3S. The molecule has 7 nitrogen and oxygen atoms in total. The lowest BCUT2D eigenvalue weighted by molar-refractivity contribution is -0.119. The lowest BCUT2D eigenvalue weighted by Crippen LogP contribution is -2.40. The predicted molar refractivity (Wildman–Crippen MR) is 163 cm³/mol. The van der Waals surface area contributed by atoms with E-state index >= 15 is 0 Å². The first-order valence-corrected chi connectivity index (χ1v) is 14.8. The van der Waals surface area contributed by atoms with Gasteiger partial charge < -0.3 is 4.57 Å². The van der Waals surface area contributed by atoms with Crippen molar-refractivity contribution in [2.45, 2.75) is 32.6 Å². The second kappa shape index (κ2) is 12.1. The van der Waals surface area contributed by atoms with Crippen LogP contribution in [0.2, 0.25) is 15.1 Å². The maximum Gasteiger partial charge on any atom is 0.264 e. The molecule has 0 unspecified atom stereocenters. The van der Waals surface area contributed by atoms with E-state index in [1.807, 2.05) is 37.5 Å². The molecule has 11 heteroatoms. The zero-order valence-electron chi connectivity index (χ0n) is 22.2. The molecule has 0 atom stereocenters. The summed E-state index contributed by atoms with van der Waals surface area (Å²) in [6, 6.07) is 18.5. The molecule has 0 aliphatic carbocycles. The summed E-state index contributed by atoms with van der Waals surface area (Å²) >= 11 is 18.8. The number of halogens is 3. The topological polar surface area (TPSA) is 83.8 Å². The van der Waals surface area contributed by atoms with E-state index < -0.39 is 22.5 Å².